The highest BCUT2D eigenvalue weighted by molar-refractivity contribution is 5.99. The van der Waals surface area contributed by atoms with Crippen molar-refractivity contribution in [3.05, 3.63) is 111 Å². The summed E-state index contributed by atoms with van der Waals surface area (Å²) in [7, 11) is 0. The molecule has 6 heteroatoms. The van der Waals surface area contributed by atoms with Gasteiger partial charge in [0, 0.05) is 6.54 Å². The molecule has 4 aromatic rings. The van der Waals surface area contributed by atoms with Crippen LogP contribution >= 0.6 is 0 Å². The highest BCUT2D eigenvalue weighted by Crippen LogP contribution is 2.39. The first-order chi connectivity index (χ1) is 16.1. The van der Waals surface area contributed by atoms with E-state index in [-0.39, 0.29) is 28.2 Å². The molecule has 1 atom stereocenters. The van der Waals surface area contributed by atoms with E-state index >= 15 is 0 Å². The fraction of sp³-hybridized carbons (Fsp3) is 0.185. The Hall–Kier alpha value is -3.93. The zero-order valence-electron chi connectivity index (χ0n) is 18.1. The predicted octanol–water partition coefficient (Wildman–Crippen LogP) is 5.47. The number of hydrogen-bond donors (Lipinski definition) is 0. The summed E-state index contributed by atoms with van der Waals surface area (Å²) in [5.74, 6) is -0.179. The molecule has 5 nitrogen and oxygen atoms in total. The van der Waals surface area contributed by atoms with Crippen molar-refractivity contribution in [3.8, 4) is 5.75 Å². The molecule has 0 aliphatic carbocycles. The van der Waals surface area contributed by atoms with E-state index in [0.29, 0.717) is 18.9 Å². The number of nitrogens with zero attached hydrogens (tertiary/aromatic N) is 1. The Morgan fingerprint density at radius 3 is 2.48 bits per heavy atom. The lowest BCUT2D eigenvalue weighted by Crippen LogP contribution is -2.29. The van der Waals surface area contributed by atoms with E-state index in [1.165, 1.54) is 12.1 Å². The molecular formula is C27H22FNO4. The van der Waals surface area contributed by atoms with Gasteiger partial charge < -0.3 is 14.1 Å². The molecule has 1 aliphatic rings. The van der Waals surface area contributed by atoms with Gasteiger partial charge in [-0.25, -0.2) is 4.39 Å². The van der Waals surface area contributed by atoms with Gasteiger partial charge in [-0.2, -0.15) is 0 Å². The average molecular weight is 443 g/mol. The minimum Gasteiger partial charge on any atom is -0.494 e. The van der Waals surface area contributed by atoms with Crippen molar-refractivity contribution < 1.29 is 18.3 Å². The third-order valence-corrected chi connectivity index (χ3v) is 5.79. The lowest BCUT2D eigenvalue weighted by molar-refractivity contribution is 0.0714. The Balaban J connectivity index is 1.66. The quantitative estimate of drug-likeness (QED) is 0.397. The van der Waals surface area contributed by atoms with Crippen molar-refractivity contribution in [2.45, 2.75) is 25.9 Å². The number of halogens is 1. The summed E-state index contributed by atoms with van der Waals surface area (Å²) in [6, 6.07) is 20.0. The van der Waals surface area contributed by atoms with E-state index in [2.05, 4.69) is 0 Å². The largest absolute Gasteiger partial charge is 0.494 e. The number of fused-ring (bicyclic) bond motifs is 2. The Kier molecular flexibility index (Phi) is 5.42. The summed E-state index contributed by atoms with van der Waals surface area (Å²) in [6.07, 6.45) is 0.891. The minimum absolute atomic E-state index is 0.00588. The van der Waals surface area contributed by atoms with Gasteiger partial charge in [0.25, 0.3) is 5.91 Å². The van der Waals surface area contributed by atoms with Crippen LogP contribution in [0.5, 0.6) is 5.75 Å². The molecule has 1 unspecified atom stereocenters. The molecule has 33 heavy (non-hydrogen) atoms. The molecule has 0 N–H and O–H groups in total. The lowest BCUT2D eigenvalue weighted by atomic mass is 9.98. The molecule has 2 heterocycles. The van der Waals surface area contributed by atoms with Crippen LogP contribution in [0.4, 0.5) is 4.39 Å². The first-order valence-corrected chi connectivity index (χ1v) is 10.9. The Morgan fingerprint density at radius 2 is 1.76 bits per heavy atom. The summed E-state index contributed by atoms with van der Waals surface area (Å²) >= 11 is 0. The van der Waals surface area contributed by atoms with Crippen LogP contribution in [0.2, 0.25) is 0 Å². The summed E-state index contributed by atoms with van der Waals surface area (Å²) in [4.78, 5) is 28.6. The van der Waals surface area contributed by atoms with Crippen LogP contribution in [0.3, 0.4) is 0 Å². The predicted molar refractivity (Wildman–Crippen MR) is 123 cm³/mol. The molecule has 166 valence electrons. The highest BCUT2D eigenvalue weighted by Gasteiger charge is 2.42. The van der Waals surface area contributed by atoms with Crippen LogP contribution in [0.15, 0.2) is 82.0 Å². The second-order valence-corrected chi connectivity index (χ2v) is 8.05. The Morgan fingerprint density at radius 1 is 1.00 bits per heavy atom. The second kappa shape index (κ2) is 8.54. The standard InChI is InChI=1S/C27H22FNO4/c1-2-14-32-20-11-8-18(9-12-20)24-23-25(30)21-15-19(28)10-13-22(21)33-26(23)27(31)29(24)16-17-6-4-3-5-7-17/h3-13,15,24H,2,14,16H2,1H3. The number of hydrogen-bond acceptors (Lipinski definition) is 4. The fourth-order valence-corrected chi connectivity index (χ4v) is 4.25. The van der Waals surface area contributed by atoms with Crippen LogP contribution in [-0.4, -0.2) is 17.4 Å². The Labute approximate surface area is 190 Å². The van der Waals surface area contributed by atoms with Crippen LogP contribution in [0, 0.1) is 5.82 Å². The average Bonchev–Trinajstić information content (AvgIpc) is 3.11. The molecular weight excluding hydrogens is 421 g/mol. The summed E-state index contributed by atoms with van der Waals surface area (Å²) in [6.45, 7) is 2.93. The summed E-state index contributed by atoms with van der Waals surface area (Å²) in [5, 5.41) is 0.121. The van der Waals surface area contributed by atoms with Gasteiger partial charge in [-0.3, -0.25) is 9.59 Å². The summed E-state index contributed by atoms with van der Waals surface area (Å²) < 4.78 is 25.4. The molecule has 0 spiro atoms. The zero-order valence-corrected chi connectivity index (χ0v) is 18.1. The number of rotatable bonds is 6. The molecule has 3 aromatic carbocycles. The molecule has 0 bridgehead atoms. The van der Waals surface area contributed by atoms with Gasteiger partial charge in [0.05, 0.1) is 23.6 Å². The van der Waals surface area contributed by atoms with Crippen molar-refractivity contribution >= 4 is 16.9 Å². The third kappa shape index (κ3) is 3.78. The van der Waals surface area contributed by atoms with Gasteiger partial charge in [-0.15, -0.1) is 0 Å². The molecule has 5 rings (SSSR count). The second-order valence-electron chi connectivity index (χ2n) is 8.05. The molecule has 0 saturated heterocycles. The third-order valence-electron chi connectivity index (χ3n) is 5.79. The van der Waals surface area contributed by atoms with E-state index in [9.17, 15) is 14.0 Å². The number of amides is 1. The van der Waals surface area contributed by atoms with Crippen LogP contribution in [0.25, 0.3) is 11.0 Å². The van der Waals surface area contributed by atoms with Gasteiger partial charge in [0.1, 0.15) is 17.1 Å². The van der Waals surface area contributed by atoms with E-state index in [1.807, 2.05) is 61.5 Å². The molecule has 0 radical (unpaired) electrons. The van der Waals surface area contributed by atoms with Crippen LogP contribution in [0.1, 0.15) is 46.6 Å². The molecule has 0 fully saturated rings. The molecule has 1 aliphatic heterocycles. The molecule has 0 saturated carbocycles. The van der Waals surface area contributed by atoms with E-state index in [1.54, 1.807) is 4.90 Å². The normalized spacial score (nSPS) is 15.2. The van der Waals surface area contributed by atoms with Crippen molar-refractivity contribution in [3.63, 3.8) is 0 Å². The van der Waals surface area contributed by atoms with Crippen molar-refractivity contribution in [1.82, 2.24) is 4.90 Å². The summed E-state index contributed by atoms with van der Waals surface area (Å²) in [5.41, 5.74) is 1.71. The molecule has 1 aromatic heterocycles. The van der Waals surface area contributed by atoms with Crippen LogP contribution in [-0.2, 0) is 6.54 Å². The first kappa shape index (κ1) is 20.9. The smallest absolute Gasteiger partial charge is 0.291 e. The van der Waals surface area contributed by atoms with E-state index in [4.69, 9.17) is 9.15 Å². The topological polar surface area (TPSA) is 59.8 Å². The van der Waals surface area contributed by atoms with Gasteiger partial charge in [-0.05, 0) is 47.9 Å². The highest BCUT2D eigenvalue weighted by atomic mass is 19.1. The fourth-order valence-electron chi connectivity index (χ4n) is 4.25. The minimum atomic E-state index is -0.656. The van der Waals surface area contributed by atoms with Crippen molar-refractivity contribution in [2.75, 3.05) is 6.61 Å². The van der Waals surface area contributed by atoms with Crippen molar-refractivity contribution in [2.24, 2.45) is 0 Å². The monoisotopic (exact) mass is 443 g/mol. The number of carbonyl (C=O) groups excluding carboxylic acids is 1. The van der Waals surface area contributed by atoms with Gasteiger partial charge in [0.2, 0.25) is 5.76 Å². The lowest BCUT2D eigenvalue weighted by Gasteiger charge is -2.25. The number of carbonyl (C=O) groups is 1. The zero-order chi connectivity index (χ0) is 22.9. The van der Waals surface area contributed by atoms with E-state index in [0.717, 1.165) is 23.6 Å². The van der Waals surface area contributed by atoms with Gasteiger partial charge >= 0.3 is 0 Å². The molecule has 1 amide bonds. The van der Waals surface area contributed by atoms with Crippen molar-refractivity contribution in [1.29, 1.82) is 0 Å². The Bertz CT molecular complexity index is 1380. The van der Waals surface area contributed by atoms with Gasteiger partial charge in [0.15, 0.2) is 5.43 Å². The SMILES string of the molecule is CCCOc1ccc(C2c3c(oc4ccc(F)cc4c3=O)C(=O)N2Cc2ccccc2)cc1. The maximum atomic E-state index is 13.9. The van der Waals surface area contributed by atoms with Crippen LogP contribution < -0.4 is 10.2 Å². The number of ether oxygens (including phenoxy) is 1. The maximum Gasteiger partial charge on any atom is 0.291 e. The maximum absolute atomic E-state index is 13.9. The van der Waals surface area contributed by atoms with Gasteiger partial charge in [-0.1, -0.05) is 49.4 Å². The van der Waals surface area contributed by atoms with E-state index < -0.39 is 17.3 Å². The first-order valence-electron chi connectivity index (χ1n) is 10.9. The number of benzene rings is 3.